The van der Waals surface area contributed by atoms with Crippen molar-refractivity contribution < 1.29 is 14.3 Å². The minimum Gasteiger partial charge on any atom is -0.497 e. The summed E-state index contributed by atoms with van der Waals surface area (Å²) in [6.45, 7) is 2.23. The molecule has 2 aromatic rings. The lowest BCUT2D eigenvalue weighted by Crippen LogP contribution is -2.13. The van der Waals surface area contributed by atoms with Gasteiger partial charge in [0.05, 0.1) is 19.8 Å². The maximum Gasteiger partial charge on any atom is 0.225 e. The van der Waals surface area contributed by atoms with Crippen molar-refractivity contribution in [3.05, 3.63) is 39.8 Å². The monoisotopic (exact) mass is 384 g/mol. The summed E-state index contributed by atoms with van der Waals surface area (Å²) in [5, 5.41) is 13.2. The van der Waals surface area contributed by atoms with Crippen LogP contribution in [-0.4, -0.2) is 20.1 Å². The third-order valence-corrected chi connectivity index (χ3v) is 6.16. The maximum atomic E-state index is 12.5. The average molecular weight is 385 g/mol. The van der Waals surface area contributed by atoms with E-state index in [1.807, 2.05) is 18.2 Å². The molecule has 3 rings (SSSR count). The first-order valence-corrected chi connectivity index (χ1v) is 9.92. The zero-order chi connectivity index (χ0) is 19.4. The number of nitrogens with zero attached hydrogens (tertiary/aromatic N) is 1. The predicted molar refractivity (Wildman–Crippen MR) is 107 cm³/mol. The van der Waals surface area contributed by atoms with Crippen molar-refractivity contribution in [2.75, 3.05) is 19.5 Å². The molecule has 1 amide bonds. The highest BCUT2D eigenvalue weighted by Crippen LogP contribution is 2.39. The molecule has 27 heavy (non-hydrogen) atoms. The van der Waals surface area contributed by atoms with Gasteiger partial charge in [-0.25, -0.2) is 0 Å². The highest BCUT2D eigenvalue weighted by atomic mass is 32.1. The van der Waals surface area contributed by atoms with Crippen LogP contribution in [0.25, 0.3) is 0 Å². The van der Waals surface area contributed by atoms with Crippen LogP contribution in [0.4, 0.5) is 5.00 Å². The minimum absolute atomic E-state index is 0.0944. The molecule has 5 nitrogen and oxygen atoms in total. The van der Waals surface area contributed by atoms with E-state index >= 15 is 0 Å². The summed E-state index contributed by atoms with van der Waals surface area (Å²) in [5.41, 5.74) is 2.70. The van der Waals surface area contributed by atoms with Gasteiger partial charge in [0.25, 0.3) is 0 Å². The van der Waals surface area contributed by atoms with Gasteiger partial charge >= 0.3 is 0 Å². The summed E-state index contributed by atoms with van der Waals surface area (Å²) in [5.74, 6) is 2.01. The van der Waals surface area contributed by atoms with E-state index in [0.717, 1.165) is 41.9 Å². The second kappa shape index (κ2) is 8.45. The number of anilines is 1. The van der Waals surface area contributed by atoms with Crippen molar-refractivity contribution in [3.63, 3.8) is 0 Å². The number of amides is 1. The van der Waals surface area contributed by atoms with E-state index in [-0.39, 0.29) is 5.91 Å². The van der Waals surface area contributed by atoms with Crippen molar-refractivity contribution >= 4 is 22.2 Å². The Balaban J connectivity index is 1.70. The van der Waals surface area contributed by atoms with Crippen LogP contribution >= 0.6 is 11.3 Å². The van der Waals surface area contributed by atoms with Crippen molar-refractivity contribution in [3.8, 4) is 17.6 Å². The van der Waals surface area contributed by atoms with Gasteiger partial charge < -0.3 is 14.8 Å². The number of thiophene rings is 1. The summed E-state index contributed by atoms with van der Waals surface area (Å²) in [6, 6.07) is 7.85. The van der Waals surface area contributed by atoms with Crippen molar-refractivity contribution in [2.24, 2.45) is 5.92 Å². The summed E-state index contributed by atoms with van der Waals surface area (Å²) in [7, 11) is 3.23. The van der Waals surface area contributed by atoms with Gasteiger partial charge in [-0.15, -0.1) is 11.3 Å². The summed E-state index contributed by atoms with van der Waals surface area (Å²) in [4.78, 5) is 13.7. The zero-order valence-electron chi connectivity index (χ0n) is 15.9. The number of carbonyl (C=O) groups excluding carboxylic acids is 1. The highest BCUT2D eigenvalue weighted by molar-refractivity contribution is 7.16. The summed E-state index contributed by atoms with van der Waals surface area (Å²) in [6.07, 6.45) is 3.86. The molecule has 0 saturated heterocycles. The molecule has 1 aliphatic carbocycles. The predicted octanol–water partition coefficient (Wildman–Crippen LogP) is 4.33. The molecule has 1 aromatic heterocycles. The molecule has 0 unspecified atom stereocenters. The van der Waals surface area contributed by atoms with E-state index < -0.39 is 0 Å². The Hall–Kier alpha value is -2.52. The Bertz CT molecular complexity index is 882. The number of rotatable bonds is 6. The second-order valence-electron chi connectivity index (χ2n) is 6.89. The summed E-state index contributed by atoms with van der Waals surface area (Å²) < 4.78 is 10.6. The number of fused-ring (bicyclic) bond motifs is 1. The number of nitriles is 1. The van der Waals surface area contributed by atoms with E-state index in [2.05, 4.69) is 18.3 Å². The van der Waals surface area contributed by atoms with Gasteiger partial charge in [0.15, 0.2) is 0 Å². The third kappa shape index (κ3) is 4.25. The molecule has 0 spiro atoms. The standard InChI is InChI=1S/C21H24N2O3S/c1-13-4-7-16-17(12-22)21(27-19(16)10-13)23-20(24)9-5-14-11-15(25-2)6-8-18(14)26-3/h6,8,11,13H,4-5,7,9-10H2,1-3H3,(H,23,24)/t13-/m0/s1. The maximum absolute atomic E-state index is 12.5. The number of ether oxygens (including phenoxy) is 2. The highest BCUT2D eigenvalue weighted by Gasteiger charge is 2.24. The molecule has 1 heterocycles. The van der Waals surface area contributed by atoms with Gasteiger partial charge in [-0.1, -0.05) is 6.92 Å². The van der Waals surface area contributed by atoms with Gasteiger partial charge in [0, 0.05) is 11.3 Å². The number of hydrogen-bond acceptors (Lipinski definition) is 5. The lowest BCUT2D eigenvalue weighted by atomic mass is 9.88. The van der Waals surface area contributed by atoms with Crippen LogP contribution < -0.4 is 14.8 Å². The van der Waals surface area contributed by atoms with Crippen molar-refractivity contribution in [1.82, 2.24) is 0 Å². The van der Waals surface area contributed by atoms with E-state index in [4.69, 9.17) is 9.47 Å². The fourth-order valence-corrected chi connectivity index (χ4v) is 4.85. The number of benzene rings is 1. The number of nitrogens with one attached hydrogen (secondary N) is 1. The number of methoxy groups -OCH3 is 2. The molecule has 1 aromatic carbocycles. The molecule has 0 bridgehead atoms. The van der Waals surface area contributed by atoms with Crippen LogP contribution in [-0.2, 0) is 24.1 Å². The Labute approximate surface area is 163 Å². The number of aryl methyl sites for hydroxylation is 1. The van der Waals surface area contributed by atoms with Crippen LogP contribution in [0.3, 0.4) is 0 Å². The quantitative estimate of drug-likeness (QED) is 0.804. The fraction of sp³-hybridized carbons (Fsp3) is 0.429. The SMILES string of the molecule is COc1ccc(OC)c(CCC(=O)Nc2sc3c(c2C#N)CC[C@H](C)C3)c1. The molecule has 0 radical (unpaired) electrons. The normalized spacial score (nSPS) is 15.6. The molecule has 0 fully saturated rings. The van der Waals surface area contributed by atoms with Gasteiger partial charge in [0.2, 0.25) is 5.91 Å². The largest absolute Gasteiger partial charge is 0.497 e. The molecular formula is C21H24N2O3S. The van der Waals surface area contributed by atoms with E-state index in [1.165, 1.54) is 4.88 Å². The molecule has 1 aliphatic rings. The summed E-state index contributed by atoms with van der Waals surface area (Å²) >= 11 is 1.55. The van der Waals surface area contributed by atoms with E-state index in [9.17, 15) is 10.1 Å². The molecule has 0 aliphatic heterocycles. The molecule has 0 saturated carbocycles. The van der Waals surface area contributed by atoms with Gasteiger partial charge in [0.1, 0.15) is 22.6 Å². The number of carbonyl (C=O) groups is 1. The molecule has 142 valence electrons. The van der Waals surface area contributed by atoms with Crippen LogP contribution in [0.5, 0.6) is 11.5 Å². The van der Waals surface area contributed by atoms with Crippen molar-refractivity contribution in [2.45, 2.75) is 39.0 Å². The molecular weight excluding hydrogens is 360 g/mol. The second-order valence-corrected chi connectivity index (χ2v) is 8.00. The van der Waals surface area contributed by atoms with E-state index in [0.29, 0.717) is 29.3 Å². The Kier molecular flexibility index (Phi) is 6.02. The Morgan fingerprint density at radius 2 is 2.19 bits per heavy atom. The molecule has 1 atom stereocenters. The molecule has 6 heteroatoms. The smallest absolute Gasteiger partial charge is 0.225 e. The van der Waals surface area contributed by atoms with Crippen LogP contribution in [0.15, 0.2) is 18.2 Å². The minimum atomic E-state index is -0.0944. The van der Waals surface area contributed by atoms with E-state index in [1.54, 1.807) is 25.6 Å². The van der Waals surface area contributed by atoms with Gasteiger partial charge in [-0.05, 0) is 60.9 Å². The average Bonchev–Trinajstić information content (AvgIpc) is 3.01. The number of hydrogen-bond donors (Lipinski definition) is 1. The van der Waals surface area contributed by atoms with Crippen molar-refractivity contribution in [1.29, 1.82) is 5.26 Å². The van der Waals surface area contributed by atoms with Gasteiger partial charge in [-0.3, -0.25) is 4.79 Å². The van der Waals surface area contributed by atoms with Crippen LogP contribution in [0.2, 0.25) is 0 Å². The van der Waals surface area contributed by atoms with Crippen LogP contribution in [0, 0.1) is 17.2 Å². The third-order valence-electron chi connectivity index (χ3n) is 4.99. The topological polar surface area (TPSA) is 71.3 Å². The van der Waals surface area contributed by atoms with Crippen LogP contribution in [0.1, 0.15) is 41.3 Å². The first kappa shape index (κ1) is 19.2. The first-order valence-electron chi connectivity index (χ1n) is 9.11. The Morgan fingerprint density at radius 1 is 1.37 bits per heavy atom. The lowest BCUT2D eigenvalue weighted by molar-refractivity contribution is -0.116. The lowest BCUT2D eigenvalue weighted by Gasteiger charge is -2.17. The first-order chi connectivity index (χ1) is 13.0. The van der Waals surface area contributed by atoms with Gasteiger partial charge in [-0.2, -0.15) is 5.26 Å². The molecule has 1 N–H and O–H groups in total. The zero-order valence-corrected chi connectivity index (χ0v) is 16.7. The fourth-order valence-electron chi connectivity index (χ4n) is 3.47. The Morgan fingerprint density at radius 3 is 2.89 bits per heavy atom.